The van der Waals surface area contributed by atoms with E-state index in [9.17, 15) is 4.79 Å². The second-order valence-corrected chi connectivity index (χ2v) is 6.23. The molecule has 0 spiro atoms. The molecule has 2 aromatic rings. The molecule has 1 atom stereocenters. The van der Waals surface area contributed by atoms with Crippen molar-refractivity contribution in [2.24, 2.45) is 0 Å². The van der Waals surface area contributed by atoms with Crippen LogP contribution in [0.3, 0.4) is 0 Å². The highest BCUT2D eigenvalue weighted by atomic mass is 35.5. The van der Waals surface area contributed by atoms with Gasteiger partial charge in [0.15, 0.2) is 0 Å². The number of halogens is 2. The number of rotatable bonds is 3. The van der Waals surface area contributed by atoms with Crippen LogP contribution in [0.1, 0.15) is 29.0 Å². The Labute approximate surface area is 152 Å². The van der Waals surface area contributed by atoms with Gasteiger partial charge in [0.1, 0.15) is 17.0 Å². The molecule has 3 rings (SSSR count). The van der Waals surface area contributed by atoms with Crippen molar-refractivity contribution in [3.05, 3.63) is 40.6 Å². The number of nitrogens with one attached hydrogen (secondary N) is 1. The van der Waals surface area contributed by atoms with Gasteiger partial charge in [-0.1, -0.05) is 35.0 Å². The molecular formula is C17H21Cl2N3O2. The Balaban J connectivity index is 0.00000208. The van der Waals surface area contributed by atoms with Crippen molar-refractivity contribution in [2.75, 3.05) is 20.1 Å². The number of carbonyl (C=O) groups excluding carboxylic acids is 1. The average molecular weight is 370 g/mol. The molecule has 1 unspecified atom stereocenters. The van der Waals surface area contributed by atoms with Gasteiger partial charge in [-0.05, 0) is 32.9 Å². The molecule has 5 nitrogen and oxygen atoms in total. The largest absolute Gasteiger partial charge is 0.360 e. The lowest BCUT2D eigenvalue weighted by Crippen LogP contribution is -2.47. The predicted octanol–water partition coefficient (Wildman–Crippen LogP) is 3.55. The summed E-state index contributed by atoms with van der Waals surface area (Å²) in [5.41, 5.74) is 1.75. The molecule has 0 saturated carbocycles. The fourth-order valence-corrected chi connectivity index (χ4v) is 3.24. The molecule has 0 aliphatic carbocycles. The van der Waals surface area contributed by atoms with Crippen LogP contribution in [-0.2, 0) is 0 Å². The Hall–Kier alpha value is -1.56. The first-order valence-electron chi connectivity index (χ1n) is 7.79. The molecule has 1 aromatic heterocycles. The lowest BCUT2D eigenvalue weighted by Gasteiger charge is -2.32. The Kier molecular flexibility index (Phi) is 6.27. The number of likely N-dealkylation sites (N-methyl/N-ethyl adjacent to an activating group) is 1. The van der Waals surface area contributed by atoms with E-state index in [0.717, 1.165) is 24.9 Å². The van der Waals surface area contributed by atoms with Crippen LogP contribution in [0.5, 0.6) is 0 Å². The van der Waals surface area contributed by atoms with Crippen LogP contribution in [-0.4, -0.2) is 42.1 Å². The minimum atomic E-state index is -0.0429. The van der Waals surface area contributed by atoms with Gasteiger partial charge in [0.2, 0.25) is 0 Å². The molecule has 1 aliphatic heterocycles. The summed E-state index contributed by atoms with van der Waals surface area (Å²) in [5.74, 6) is 0.482. The summed E-state index contributed by atoms with van der Waals surface area (Å²) in [5, 5.41) is 7.89. The number of aryl methyl sites for hydroxylation is 1. The highest BCUT2D eigenvalue weighted by molar-refractivity contribution is 6.33. The average Bonchev–Trinajstić information content (AvgIpc) is 2.96. The van der Waals surface area contributed by atoms with Crippen molar-refractivity contribution in [3.63, 3.8) is 0 Å². The number of carbonyl (C=O) groups is 1. The van der Waals surface area contributed by atoms with Gasteiger partial charge in [-0.2, -0.15) is 0 Å². The van der Waals surface area contributed by atoms with Crippen LogP contribution in [0.2, 0.25) is 5.02 Å². The summed E-state index contributed by atoms with van der Waals surface area (Å²) < 4.78 is 5.30. The smallest absolute Gasteiger partial charge is 0.259 e. The van der Waals surface area contributed by atoms with E-state index in [1.54, 1.807) is 13.0 Å². The van der Waals surface area contributed by atoms with Crippen LogP contribution in [0.15, 0.2) is 28.8 Å². The second-order valence-electron chi connectivity index (χ2n) is 5.82. The molecule has 130 valence electrons. The zero-order valence-electron chi connectivity index (χ0n) is 13.7. The van der Waals surface area contributed by atoms with E-state index in [4.69, 9.17) is 16.1 Å². The van der Waals surface area contributed by atoms with Gasteiger partial charge in [-0.15, -0.1) is 12.4 Å². The fourth-order valence-electron chi connectivity index (χ4n) is 3.02. The molecule has 1 N–H and O–H groups in total. The van der Waals surface area contributed by atoms with Crippen LogP contribution in [0, 0.1) is 6.92 Å². The minimum absolute atomic E-state index is 0. The fraction of sp³-hybridized carbons (Fsp3) is 0.412. The highest BCUT2D eigenvalue weighted by Crippen LogP contribution is 2.32. The van der Waals surface area contributed by atoms with Gasteiger partial charge in [0.05, 0.1) is 5.02 Å². The highest BCUT2D eigenvalue weighted by Gasteiger charge is 2.29. The third-order valence-corrected chi connectivity index (χ3v) is 4.65. The number of aromatic nitrogens is 1. The number of amides is 1. The second kappa shape index (κ2) is 8.01. The molecule has 0 radical (unpaired) electrons. The number of hydrogen-bond acceptors (Lipinski definition) is 4. The van der Waals surface area contributed by atoms with Crippen molar-refractivity contribution in [1.29, 1.82) is 0 Å². The van der Waals surface area contributed by atoms with E-state index in [1.165, 1.54) is 0 Å². The van der Waals surface area contributed by atoms with Crippen LogP contribution in [0.25, 0.3) is 11.3 Å². The number of nitrogens with zero attached hydrogens (tertiary/aromatic N) is 2. The van der Waals surface area contributed by atoms with E-state index in [2.05, 4.69) is 10.5 Å². The lowest BCUT2D eigenvalue weighted by molar-refractivity contribution is 0.0697. The van der Waals surface area contributed by atoms with Crippen LogP contribution < -0.4 is 5.32 Å². The van der Waals surface area contributed by atoms with Crippen molar-refractivity contribution >= 4 is 29.9 Å². The van der Waals surface area contributed by atoms with Gasteiger partial charge in [-0.25, -0.2) is 0 Å². The Morgan fingerprint density at radius 3 is 2.88 bits per heavy atom. The number of likely N-dealkylation sites (tertiary alicyclic amines) is 1. The van der Waals surface area contributed by atoms with Crippen molar-refractivity contribution < 1.29 is 9.32 Å². The summed E-state index contributed by atoms with van der Waals surface area (Å²) in [6.45, 7) is 3.21. The first kappa shape index (κ1) is 18.8. The van der Waals surface area contributed by atoms with Gasteiger partial charge >= 0.3 is 0 Å². The summed E-state index contributed by atoms with van der Waals surface area (Å²) in [6.07, 6.45) is 2.07. The number of piperidine rings is 1. The van der Waals surface area contributed by atoms with Gasteiger partial charge in [-0.3, -0.25) is 4.79 Å². The maximum atomic E-state index is 13.0. The van der Waals surface area contributed by atoms with E-state index in [-0.39, 0.29) is 18.3 Å². The lowest BCUT2D eigenvalue weighted by atomic mass is 10.0. The standard InChI is InChI=1S/C17H20ClN3O2.ClH/c1-11-15(17(22)21-9-5-6-12(10-21)19-2)16(20-23-11)13-7-3-4-8-14(13)18;/h3-4,7-8,12,19H,5-6,9-10H2,1-2H3;1H. The van der Waals surface area contributed by atoms with Crippen molar-refractivity contribution in [3.8, 4) is 11.3 Å². The molecule has 7 heteroatoms. The topological polar surface area (TPSA) is 58.4 Å². The minimum Gasteiger partial charge on any atom is -0.360 e. The summed E-state index contributed by atoms with van der Waals surface area (Å²) in [6, 6.07) is 7.69. The first-order chi connectivity index (χ1) is 11.1. The maximum absolute atomic E-state index is 13.0. The quantitative estimate of drug-likeness (QED) is 0.898. The van der Waals surface area contributed by atoms with E-state index < -0.39 is 0 Å². The van der Waals surface area contributed by atoms with Gasteiger partial charge in [0.25, 0.3) is 5.91 Å². The molecule has 1 aliphatic rings. The van der Waals surface area contributed by atoms with E-state index >= 15 is 0 Å². The number of benzene rings is 1. The van der Waals surface area contributed by atoms with Gasteiger partial charge in [0, 0.05) is 24.7 Å². The molecule has 24 heavy (non-hydrogen) atoms. The predicted molar refractivity (Wildman–Crippen MR) is 96.9 cm³/mol. The third kappa shape index (κ3) is 3.58. The summed E-state index contributed by atoms with van der Waals surface area (Å²) in [7, 11) is 1.93. The molecule has 0 bridgehead atoms. The zero-order chi connectivity index (χ0) is 16.4. The van der Waals surface area contributed by atoms with E-state index in [1.807, 2.05) is 30.1 Å². The Bertz CT molecular complexity index is 718. The third-order valence-electron chi connectivity index (χ3n) is 4.32. The van der Waals surface area contributed by atoms with Crippen LogP contribution >= 0.6 is 24.0 Å². The first-order valence-corrected chi connectivity index (χ1v) is 8.17. The SMILES string of the molecule is CNC1CCCN(C(=O)c2c(-c3ccccc3Cl)noc2C)C1.Cl. The maximum Gasteiger partial charge on any atom is 0.259 e. The molecule has 1 amide bonds. The van der Waals surface area contributed by atoms with E-state index in [0.29, 0.717) is 34.6 Å². The summed E-state index contributed by atoms with van der Waals surface area (Å²) in [4.78, 5) is 14.9. The van der Waals surface area contributed by atoms with Gasteiger partial charge < -0.3 is 14.7 Å². The number of hydrogen-bond donors (Lipinski definition) is 1. The summed E-state index contributed by atoms with van der Waals surface area (Å²) >= 11 is 6.26. The molecule has 1 saturated heterocycles. The Morgan fingerprint density at radius 2 is 2.17 bits per heavy atom. The molecule has 1 fully saturated rings. The molecule has 2 heterocycles. The van der Waals surface area contributed by atoms with Crippen molar-refractivity contribution in [2.45, 2.75) is 25.8 Å². The molecule has 1 aromatic carbocycles. The van der Waals surface area contributed by atoms with Crippen molar-refractivity contribution in [1.82, 2.24) is 15.4 Å². The van der Waals surface area contributed by atoms with Crippen LogP contribution in [0.4, 0.5) is 0 Å². The molecular weight excluding hydrogens is 349 g/mol. The monoisotopic (exact) mass is 369 g/mol. The zero-order valence-corrected chi connectivity index (χ0v) is 15.3. The Morgan fingerprint density at radius 1 is 1.42 bits per heavy atom. The normalized spacial score (nSPS) is 17.5.